The molecule has 0 radical (unpaired) electrons. The van der Waals surface area contributed by atoms with Crippen LogP contribution in [0.4, 0.5) is 0 Å². The predicted octanol–water partition coefficient (Wildman–Crippen LogP) is 6.00. The van der Waals surface area contributed by atoms with Crippen LogP contribution in [0.15, 0.2) is 101 Å². The van der Waals surface area contributed by atoms with Crippen molar-refractivity contribution in [3.63, 3.8) is 0 Å². The Balaban J connectivity index is 2.13. The molecule has 3 rings (SSSR count). The molecular weight excluding hydrogens is 372 g/mol. The second-order valence-electron chi connectivity index (χ2n) is 5.63. The molecule has 0 amide bonds. The van der Waals surface area contributed by atoms with Gasteiger partial charge in [0.2, 0.25) is 0 Å². The van der Waals surface area contributed by atoms with Crippen molar-refractivity contribution < 1.29 is 0 Å². The number of hydrogen-bond acceptors (Lipinski definition) is 2. The first-order chi connectivity index (χ1) is 12.3. The number of aromatic nitrogens is 1. The van der Waals surface area contributed by atoms with E-state index in [1.54, 1.807) is 6.20 Å². The number of hydrogen-bond donors (Lipinski definition) is 0. The van der Waals surface area contributed by atoms with E-state index in [-0.39, 0.29) is 6.04 Å². The molecule has 0 N–H and O–H groups in total. The lowest BCUT2D eigenvalue weighted by atomic mass is 10.00. The number of halogens is 1. The molecule has 2 nitrogen and oxygen atoms in total. The highest BCUT2D eigenvalue weighted by atomic mass is 79.9. The fourth-order valence-corrected chi connectivity index (χ4v) is 3.23. The van der Waals surface area contributed by atoms with Crippen molar-refractivity contribution in [2.75, 3.05) is 0 Å². The van der Waals surface area contributed by atoms with Crippen LogP contribution in [0.1, 0.15) is 29.2 Å². The fourth-order valence-electron chi connectivity index (χ4n) is 2.72. The zero-order valence-corrected chi connectivity index (χ0v) is 15.4. The van der Waals surface area contributed by atoms with Gasteiger partial charge in [-0.05, 0) is 28.4 Å². The minimum absolute atomic E-state index is 0.0454. The van der Waals surface area contributed by atoms with Crippen molar-refractivity contribution in [2.24, 2.45) is 4.99 Å². The molecule has 0 aliphatic heterocycles. The average molecular weight is 391 g/mol. The maximum atomic E-state index is 5.11. The quantitative estimate of drug-likeness (QED) is 0.287. The summed E-state index contributed by atoms with van der Waals surface area (Å²) in [4.78, 5) is 9.46. The standard InChI is InChI=1S/C22H19BrN2/c1-2-10-20(19-15-9-16-24-22(19)23)25-21(17-11-5-3-6-12-17)18-13-7-4-8-14-18/h2-9,11-16,20H,1,10H2/t20-/m0/s1. The van der Waals surface area contributed by atoms with Gasteiger partial charge in [0, 0.05) is 22.9 Å². The van der Waals surface area contributed by atoms with Gasteiger partial charge in [-0.25, -0.2) is 4.98 Å². The van der Waals surface area contributed by atoms with Crippen molar-refractivity contribution in [1.29, 1.82) is 0 Å². The second kappa shape index (κ2) is 8.54. The number of nitrogens with zero attached hydrogens (tertiary/aromatic N) is 2. The van der Waals surface area contributed by atoms with Crippen LogP contribution in [0, 0.1) is 0 Å². The van der Waals surface area contributed by atoms with Gasteiger partial charge in [0.1, 0.15) is 4.60 Å². The molecule has 0 bridgehead atoms. The van der Waals surface area contributed by atoms with Crippen molar-refractivity contribution in [2.45, 2.75) is 12.5 Å². The van der Waals surface area contributed by atoms with Crippen LogP contribution in [0.25, 0.3) is 0 Å². The van der Waals surface area contributed by atoms with Crippen LogP contribution < -0.4 is 0 Å². The van der Waals surface area contributed by atoms with E-state index >= 15 is 0 Å². The smallest absolute Gasteiger partial charge is 0.111 e. The molecule has 1 aromatic heterocycles. The molecule has 124 valence electrons. The Bertz CT molecular complexity index is 816. The summed E-state index contributed by atoms with van der Waals surface area (Å²) in [5.41, 5.74) is 4.24. The highest BCUT2D eigenvalue weighted by Gasteiger charge is 2.15. The molecule has 0 spiro atoms. The van der Waals surface area contributed by atoms with Crippen LogP contribution in [0.3, 0.4) is 0 Å². The summed E-state index contributed by atoms with van der Waals surface area (Å²) < 4.78 is 0.825. The second-order valence-corrected chi connectivity index (χ2v) is 6.38. The first-order valence-corrected chi connectivity index (χ1v) is 8.99. The van der Waals surface area contributed by atoms with Crippen LogP contribution in [-0.4, -0.2) is 10.7 Å². The van der Waals surface area contributed by atoms with Gasteiger partial charge in [-0.1, -0.05) is 72.8 Å². The molecule has 0 aliphatic rings. The van der Waals surface area contributed by atoms with E-state index in [1.165, 1.54) is 0 Å². The Hall–Kier alpha value is -2.52. The first kappa shape index (κ1) is 17.3. The Kier molecular flexibility index (Phi) is 5.91. The van der Waals surface area contributed by atoms with Crippen LogP contribution in [0.2, 0.25) is 0 Å². The lowest BCUT2D eigenvalue weighted by molar-refractivity contribution is 0.735. The lowest BCUT2D eigenvalue weighted by Gasteiger charge is -2.16. The van der Waals surface area contributed by atoms with Crippen LogP contribution >= 0.6 is 15.9 Å². The number of aliphatic imine (C=N–C) groups is 1. The Labute approximate surface area is 157 Å². The molecule has 0 aliphatic carbocycles. The van der Waals surface area contributed by atoms with Crippen LogP contribution in [0.5, 0.6) is 0 Å². The summed E-state index contributed by atoms with van der Waals surface area (Å²) in [6, 6.07) is 24.5. The van der Waals surface area contributed by atoms with Gasteiger partial charge in [0.15, 0.2) is 0 Å². The minimum atomic E-state index is -0.0454. The van der Waals surface area contributed by atoms with Gasteiger partial charge in [-0.3, -0.25) is 4.99 Å². The van der Waals surface area contributed by atoms with E-state index < -0.39 is 0 Å². The number of benzene rings is 2. The van der Waals surface area contributed by atoms with Crippen molar-refractivity contribution in [3.05, 3.63) is 113 Å². The Morgan fingerprint density at radius 2 is 1.56 bits per heavy atom. The highest BCUT2D eigenvalue weighted by Crippen LogP contribution is 2.29. The van der Waals surface area contributed by atoms with E-state index in [0.29, 0.717) is 0 Å². The van der Waals surface area contributed by atoms with Gasteiger partial charge in [0.05, 0.1) is 11.8 Å². The maximum absolute atomic E-state index is 5.11. The monoisotopic (exact) mass is 390 g/mol. The van der Waals surface area contributed by atoms with Gasteiger partial charge in [-0.15, -0.1) is 6.58 Å². The molecule has 3 heteroatoms. The summed E-state index contributed by atoms with van der Waals surface area (Å²) in [5, 5.41) is 0. The van der Waals surface area contributed by atoms with E-state index in [0.717, 1.165) is 33.4 Å². The molecule has 2 aromatic carbocycles. The van der Waals surface area contributed by atoms with Crippen molar-refractivity contribution in [3.8, 4) is 0 Å². The first-order valence-electron chi connectivity index (χ1n) is 8.19. The molecule has 0 saturated heterocycles. The molecule has 25 heavy (non-hydrogen) atoms. The highest BCUT2D eigenvalue weighted by molar-refractivity contribution is 9.10. The number of rotatable bonds is 6. The third kappa shape index (κ3) is 4.31. The van der Waals surface area contributed by atoms with Crippen molar-refractivity contribution in [1.82, 2.24) is 4.98 Å². The average Bonchev–Trinajstić information content (AvgIpc) is 2.67. The van der Waals surface area contributed by atoms with E-state index in [4.69, 9.17) is 4.99 Å². The van der Waals surface area contributed by atoms with Gasteiger partial charge in [-0.2, -0.15) is 0 Å². The summed E-state index contributed by atoms with van der Waals surface area (Å²) in [6.45, 7) is 3.90. The van der Waals surface area contributed by atoms with E-state index in [1.807, 2.05) is 48.5 Å². The van der Waals surface area contributed by atoms with E-state index in [9.17, 15) is 0 Å². The third-order valence-corrected chi connectivity index (χ3v) is 4.58. The summed E-state index contributed by atoms with van der Waals surface area (Å²) in [6.07, 6.45) is 4.42. The molecule has 3 aromatic rings. The fraction of sp³-hybridized carbons (Fsp3) is 0.0909. The largest absolute Gasteiger partial charge is 0.276 e. The summed E-state index contributed by atoms with van der Waals surface area (Å²) in [7, 11) is 0. The van der Waals surface area contributed by atoms with Crippen molar-refractivity contribution >= 4 is 21.6 Å². The summed E-state index contributed by atoms with van der Waals surface area (Å²) in [5.74, 6) is 0. The van der Waals surface area contributed by atoms with Gasteiger partial charge in [0.25, 0.3) is 0 Å². The molecule has 0 saturated carbocycles. The lowest BCUT2D eigenvalue weighted by Crippen LogP contribution is -2.07. The minimum Gasteiger partial charge on any atom is -0.276 e. The molecule has 0 fully saturated rings. The molecule has 0 unspecified atom stereocenters. The van der Waals surface area contributed by atoms with Gasteiger partial charge >= 0.3 is 0 Å². The van der Waals surface area contributed by atoms with E-state index in [2.05, 4.69) is 57.8 Å². The Morgan fingerprint density at radius 3 is 2.08 bits per heavy atom. The number of pyridine rings is 1. The SMILES string of the molecule is C=CC[C@H](N=C(c1ccccc1)c1ccccc1)c1cccnc1Br. The van der Waals surface area contributed by atoms with Crippen LogP contribution in [-0.2, 0) is 0 Å². The van der Waals surface area contributed by atoms with Gasteiger partial charge < -0.3 is 0 Å². The molecular formula is C22H19BrN2. The predicted molar refractivity (Wildman–Crippen MR) is 108 cm³/mol. The molecule has 1 heterocycles. The third-order valence-electron chi connectivity index (χ3n) is 3.92. The maximum Gasteiger partial charge on any atom is 0.111 e. The summed E-state index contributed by atoms with van der Waals surface area (Å²) >= 11 is 3.55. The zero-order chi connectivity index (χ0) is 17.5. The molecule has 1 atom stereocenters. The normalized spacial score (nSPS) is 11.6. The topological polar surface area (TPSA) is 25.2 Å². The zero-order valence-electron chi connectivity index (χ0n) is 13.8. The Morgan fingerprint density at radius 1 is 0.960 bits per heavy atom.